The van der Waals surface area contributed by atoms with Crippen LogP contribution in [0, 0.1) is 6.92 Å². The van der Waals surface area contributed by atoms with Crippen LogP contribution in [0.2, 0.25) is 0 Å². The van der Waals surface area contributed by atoms with E-state index >= 15 is 0 Å². The van der Waals surface area contributed by atoms with E-state index in [4.69, 9.17) is 4.74 Å². The highest BCUT2D eigenvalue weighted by molar-refractivity contribution is 7.26. The third-order valence-corrected chi connectivity index (χ3v) is 6.58. The van der Waals surface area contributed by atoms with Gasteiger partial charge in [0.25, 0.3) is 0 Å². The molecule has 1 aromatic heterocycles. The smallest absolute Gasteiger partial charge is 0.330 e. The van der Waals surface area contributed by atoms with Gasteiger partial charge in [-0.25, -0.2) is 4.79 Å². The van der Waals surface area contributed by atoms with E-state index in [1.807, 2.05) is 11.3 Å². The fraction of sp³-hybridized carbons (Fsp3) is 0.0800. The molecule has 0 amide bonds. The molecule has 5 rings (SSSR count). The highest BCUT2D eigenvalue weighted by Crippen LogP contribution is 2.43. The lowest BCUT2D eigenvalue weighted by molar-refractivity contribution is -0.138. The maximum absolute atomic E-state index is 11.7. The lowest BCUT2D eigenvalue weighted by Gasteiger charge is -2.12. The van der Waals surface area contributed by atoms with Gasteiger partial charge in [0.1, 0.15) is 6.61 Å². The van der Waals surface area contributed by atoms with Gasteiger partial charge in [-0.2, -0.15) is 0 Å². The molecule has 0 saturated heterocycles. The van der Waals surface area contributed by atoms with E-state index in [0.717, 1.165) is 16.5 Å². The maximum Gasteiger partial charge on any atom is 0.330 e. The number of hydrogen-bond donors (Lipinski definition) is 0. The Morgan fingerprint density at radius 1 is 0.964 bits per heavy atom. The van der Waals surface area contributed by atoms with Gasteiger partial charge in [-0.3, -0.25) is 0 Å². The first-order valence-electron chi connectivity index (χ1n) is 9.22. The SMILES string of the molecule is C=CC(=O)OCc1c(C)ccc2ccc3sc4c5ccccc5ccc4c3c12. The number of carbonyl (C=O) groups is 1. The van der Waals surface area contributed by atoms with Crippen molar-refractivity contribution in [2.45, 2.75) is 13.5 Å². The van der Waals surface area contributed by atoms with Crippen molar-refractivity contribution in [1.82, 2.24) is 0 Å². The Labute approximate surface area is 166 Å². The van der Waals surface area contributed by atoms with Crippen LogP contribution in [-0.2, 0) is 16.1 Å². The summed E-state index contributed by atoms with van der Waals surface area (Å²) < 4.78 is 7.97. The van der Waals surface area contributed by atoms with Crippen LogP contribution in [0.3, 0.4) is 0 Å². The summed E-state index contributed by atoms with van der Waals surface area (Å²) in [4.78, 5) is 11.7. The fourth-order valence-corrected chi connectivity index (χ4v) is 5.22. The summed E-state index contributed by atoms with van der Waals surface area (Å²) in [5.74, 6) is -0.398. The summed E-state index contributed by atoms with van der Waals surface area (Å²) in [5, 5.41) is 7.37. The Kier molecular flexibility index (Phi) is 3.92. The van der Waals surface area contributed by atoms with Gasteiger partial charge in [-0.05, 0) is 40.1 Å². The van der Waals surface area contributed by atoms with Crippen LogP contribution in [-0.4, -0.2) is 5.97 Å². The Morgan fingerprint density at radius 3 is 2.61 bits per heavy atom. The second kappa shape index (κ2) is 6.47. The third-order valence-electron chi connectivity index (χ3n) is 5.38. The lowest BCUT2D eigenvalue weighted by atomic mass is 9.95. The molecule has 4 aromatic carbocycles. The van der Waals surface area contributed by atoms with E-state index in [0.29, 0.717) is 0 Å². The van der Waals surface area contributed by atoms with Crippen molar-refractivity contribution in [3.63, 3.8) is 0 Å². The summed E-state index contributed by atoms with van der Waals surface area (Å²) in [6, 6.07) is 21.5. The molecule has 0 unspecified atom stereocenters. The van der Waals surface area contributed by atoms with Gasteiger partial charge >= 0.3 is 5.97 Å². The molecular weight excluding hydrogens is 364 g/mol. The van der Waals surface area contributed by atoms with Crippen molar-refractivity contribution in [2.24, 2.45) is 0 Å². The Hall–Kier alpha value is -3.17. The van der Waals surface area contributed by atoms with Gasteiger partial charge in [0.15, 0.2) is 0 Å². The number of carbonyl (C=O) groups excluding carboxylic acids is 1. The molecule has 0 saturated carbocycles. The van der Waals surface area contributed by atoms with Gasteiger partial charge in [-0.15, -0.1) is 11.3 Å². The van der Waals surface area contributed by atoms with Crippen LogP contribution in [0.1, 0.15) is 11.1 Å². The van der Waals surface area contributed by atoms with E-state index in [9.17, 15) is 4.79 Å². The molecule has 0 fully saturated rings. The van der Waals surface area contributed by atoms with Crippen molar-refractivity contribution < 1.29 is 9.53 Å². The minimum absolute atomic E-state index is 0.248. The number of esters is 1. The minimum atomic E-state index is -0.398. The van der Waals surface area contributed by atoms with E-state index in [1.54, 1.807) is 0 Å². The van der Waals surface area contributed by atoms with Gasteiger partial charge in [-0.1, -0.05) is 61.2 Å². The summed E-state index contributed by atoms with van der Waals surface area (Å²) in [5.41, 5.74) is 2.18. The van der Waals surface area contributed by atoms with Crippen LogP contribution < -0.4 is 0 Å². The van der Waals surface area contributed by atoms with E-state index in [1.165, 1.54) is 42.4 Å². The molecule has 3 heteroatoms. The molecule has 0 aliphatic heterocycles. The number of benzene rings is 4. The zero-order chi connectivity index (χ0) is 19.3. The Balaban J connectivity index is 1.89. The zero-order valence-electron chi connectivity index (χ0n) is 15.5. The first-order valence-corrected chi connectivity index (χ1v) is 10.0. The quantitative estimate of drug-likeness (QED) is 0.251. The van der Waals surface area contributed by atoms with E-state index in [2.05, 4.69) is 74.2 Å². The predicted molar refractivity (Wildman–Crippen MR) is 119 cm³/mol. The second-order valence-corrected chi connectivity index (χ2v) is 8.03. The van der Waals surface area contributed by atoms with Gasteiger partial charge in [0.2, 0.25) is 0 Å². The molecule has 2 nitrogen and oxygen atoms in total. The van der Waals surface area contributed by atoms with Gasteiger partial charge < -0.3 is 4.74 Å². The minimum Gasteiger partial charge on any atom is -0.458 e. The molecule has 0 spiro atoms. The zero-order valence-corrected chi connectivity index (χ0v) is 16.3. The van der Waals surface area contributed by atoms with Crippen LogP contribution in [0.15, 0.2) is 73.3 Å². The maximum atomic E-state index is 11.7. The molecular formula is C25H18O2S. The molecule has 0 aliphatic carbocycles. The third kappa shape index (κ3) is 2.51. The molecule has 136 valence electrons. The monoisotopic (exact) mass is 382 g/mol. The molecule has 28 heavy (non-hydrogen) atoms. The van der Waals surface area contributed by atoms with Crippen molar-refractivity contribution in [2.75, 3.05) is 0 Å². The van der Waals surface area contributed by atoms with E-state index in [-0.39, 0.29) is 6.61 Å². The number of rotatable bonds is 3. The Bertz CT molecular complexity index is 1410. The summed E-state index contributed by atoms with van der Waals surface area (Å²) in [6.07, 6.45) is 1.21. The number of hydrogen-bond acceptors (Lipinski definition) is 3. The highest BCUT2D eigenvalue weighted by Gasteiger charge is 2.15. The summed E-state index contributed by atoms with van der Waals surface area (Å²) >= 11 is 1.83. The van der Waals surface area contributed by atoms with Gasteiger partial charge in [0.05, 0.1) is 0 Å². The van der Waals surface area contributed by atoms with Crippen LogP contribution in [0.25, 0.3) is 41.7 Å². The van der Waals surface area contributed by atoms with Crippen molar-refractivity contribution >= 4 is 59.0 Å². The number of thiophene rings is 1. The first-order chi connectivity index (χ1) is 13.7. The van der Waals surface area contributed by atoms with Crippen molar-refractivity contribution in [3.8, 4) is 0 Å². The number of aryl methyl sites for hydroxylation is 1. The molecule has 0 N–H and O–H groups in total. The summed E-state index contributed by atoms with van der Waals surface area (Å²) in [7, 11) is 0. The molecule has 1 heterocycles. The second-order valence-electron chi connectivity index (χ2n) is 6.98. The van der Waals surface area contributed by atoms with Crippen molar-refractivity contribution in [1.29, 1.82) is 0 Å². The number of fused-ring (bicyclic) bond motifs is 7. The predicted octanol–water partition coefficient (Wildman–Crippen LogP) is 6.90. The Morgan fingerprint density at radius 2 is 1.75 bits per heavy atom. The average molecular weight is 382 g/mol. The summed E-state index contributed by atoms with van der Waals surface area (Å²) in [6.45, 7) is 5.81. The average Bonchev–Trinajstić information content (AvgIpc) is 3.12. The molecule has 0 aliphatic rings. The van der Waals surface area contributed by atoms with Crippen LogP contribution >= 0.6 is 11.3 Å². The standard InChI is InChI=1S/C25H18O2S/c1-3-22(26)27-14-20-15(2)8-9-17-11-13-21-24(23(17)20)19-12-10-16-6-4-5-7-18(16)25(19)28-21/h3-13H,1,14H2,2H3. The first kappa shape index (κ1) is 17.0. The van der Waals surface area contributed by atoms with Gasteiger partial charge in [0, 0.05) is 31.8 Å². The van der Waals surface area contributed by atoms with Crippen LogP contribution in [0.5, 0.6) is 0 Å². The fourth-order valence-electron chi connectivity index (χ4n) is 3.98. The lowest BCUT2D eigenvalue weighted by Crippen LogP contribution is -2.02. The molecule has 0 atom stereocenters. The molecule has 0 radical (unpaired) electrons. The van der Waals surface area contributed by atoms with Crippen LogP contribution in [0.4, 0.5) is 0 Å². The largest absolute Gasteiger partial charge is 0.458 e. The normalized spacial score (nSPS) is 11.5. The molecule has 0 bridgehead atoms. The topological polar surface area (TPSA) is 26.3 Å². The van der Waals surface area contributed by atoms with Crippen molar-refractivity contribution in [3.05, 3.63) is 84.4 Å². The number of ether oxygens (including phenoxy) is 1. The molecule has 5 aromatic rings. The highest BCUT2D eigenvalue weighted by atomic mass is 32.1. The van der Waals surface area contributed by atoms with E-state index < -0.39 is 5.97 Å².